The number of ether oxygens (including phenoxy) is 4. The van der Waals surface area contributed by atoms with E-state index in [1.807, 2.05) is 20.8 Å². The van der Waals surface area contributed by atoms with E-state index in [0.717, 1.165) is 24.8 Å². The summed E-state index contributed by atoms with van der Waals surface area (Å²) in [6.07, 6.45) is 4.53. The van der Waals surface area contributed by atoms with Crippen molar-refractivity contribution < 1.29 is 27.4 Å². The van der Waals surface area contributed by atoms with Crippen LogP contribution in [0.1, 0.15) is 75.3 Å². The second-order valence-corrected chi connectivity index (χ2v) is 12.3. The molecule has 1 aliphatic rings. The molecule has 12 heteroatoms. The van der Waals surface area contributed by atoms with Crippen molar-refractivity contribution in [3.63, 3.8) is 0 Å². The van der Waals surface area contributed by atoms with Gasteiger partial charge in [0.1, 0.15) is 35.1 Å². The summed E-state index contributed by atoms with van der Waals surface area (Å²) >= 11 is 0. The monoisotopic (exact) mass is 559 g/mol. The fraction of sp³-hybridized carbons (Fsp3) is 0.556. The Morgan fingerprint density at radius 1 is 1.05 bits per heavy atom. The maximum Gasteiger partial charge on any atom is 0.167 e. The minimum Gasteiger partial charge on any atom is -0.494 e. The molecule has 1 aromatic carbocycles. The van der Waals surface area contributed by atoms with Crippen LogP contribution in [-0.4, -0.2) is 65.3 Å². The summed E-state index contributed by atoms with van der Waals surface area (Å²) in [5.41, 5.74) is 1.39. The maximum atomic E-state index is 13.9. The van der Waals surface area contributed by atoms with Gasteiger partial charge in [0.2, 0.25) is 0 Å². The van der Waals surface area contributed by atoms with Gasteiger partial charge < -0.3 is 18.9 Å². The summed E-state index contributed by atoms with van der Waals surface area (Å²) in [7, 11) is -0.756. The molecule has 11 nitrogen and oxygen atoms in total. The van der Waals surface area contributed by atoms with E-state index < -0.39 is 26.9 Å². The van der Waals surface area contributed by atoms with Crippen LogP contribution in [0.3, 0.4) is 0 Å². The van der Waals surface area contributed by atoms with Crippen LogP contribution in [0.4, 0.5) is 0 Å². The van der Waals surface area contributed by atoms with Crippen molar-refractivity contribution >= 4 is 9.84 Å². The summed E-state index contributed by atoms with van der Waals surface area (Å²) < 4.78 is 52.9. The molecular formula is C27H37N5O6S. The molecular weight excluding hydrogens is 522 g/mol. The molecule has 0 N–H and O–H groups in total. The molecule has 0 aliphatic carbocycles. The Bertz CT molecular complexity index is 1330. The highest BCUT2D eigenvalue weighted by Gasteiger charge is 2.37. The van der Waals surface area contributed by atoms with Gasteiger partial charge in [0, 0.05) is 19.0 Å². The van der Waals surface area contributed by atoms with Crippen molar-refractivity contribution in [3.8, 4) is 17.2 Å². The quantitative estimate of drug-likeness (QED) is 0.339. The molecule has 2 aromatic heterocycles. The lowest BCUT2D eigenvalue weighted by Gasteiger charge is -2.26. The van der Waals surface area contributed by atoms with Gasteiger partial charge in [0.05, 0.1) is 25.6 Å². The van der Waals surface area contributed by atoms with Crippen LogP contribution >= 0.6 is 0 Å². The molecule has 0 saturated carbocycles. The number of para-hydroxylation sites is 1. The molecule has 0 spiro atoms. The van der Waals surface area contributed by atoms with Crippen molar-refractivity contribution in [3.05, 3.63) is 53.6 Å². The Kier molecular flexibility index (Phi) is 9.19. The van der Waals surface area contributed by atoms with E-state index in [2.05, 4.69) is 20.2 Å². The fourth-order valence-electron chi connectivity index (χ4n) is 4.60. The fourth-order valence-corrected chi connectivity index (χ4v) is 5.97. The van der Waals surface area contributed by atoms with Gasteiger partial charge in [-0.3, -0.25) is 4.57 Å². The van der Waals surface area contributed by atoms with Gasteiger partial charge in [-0.25, -0.2) is 18.4 Å². The van der Waals surface area contributed by atoms with Crippen molar-refractivity contribution in [2.75, 3.05) is 20.8 Å². The lowest BCUT2D eigenvalue weighted by Crippen LogP contribution is -2.32. The van der Waals surface area contributed by atoms with Gasteiger partial charge >= 0.3 is 0 Å². The van der Waals surface area contributed by atoms with E-state index in [4.69, 9.17) is 18.9 Å². The largest absolute Gasteiger partial charge is 0.494 e. The summed E-state index contributed by atoms with van der Waals surface area (Å²) in [6.45, 7) is 7.77. The molecule has 0 unspecified atom stereocenters. The zero-order valence-electron chi connectivity index (χ0n) is 23.3. The Balaban J connectivity index is 1.79. The van der Waals surface area contributed by atoms with Gasteiger partial charge in [0.25, 0.3) is 0 Å². The summed E-state index contributed by atoms with van der Waals surface area (Å²) in [4.78, 5) is 8.73. The molecule has 1 fully saturated rings. The van der Waals surface area contributed by atoms with Crippen LogP contribution in [0.15, 0.2) is 30.6 Å². The third kappa shape index (κ3) is 6.39. The van der Waals surface area contributed by atoms with Crippen LogP contribution in [0.2, 0.25) is 0 Å². The van der Waals surface area contributed by atoms with Gasteiger partial charge in [0.15, 0.2) is 27.3 Å². The van der Waals surface area contributed by atoms with E-state index in [1.54, 1.807) is 56.3 Å². The summed E-state index contributed by atoms with van der Waals surface area (Å²) in [6, 6.07) is 5.37. The smallest absolute Gasteiger partial charge is 0.167 e. The molecule has 39 heavy (non-hydrogen) atoms. The first-order valence-electron chi connectivity index (χ1n) is 13.1. The van der Waals surface area contributed by atoms with Crippen molar-refractivity contribution in [1.82, 2.24) is 24.7 Å². The first-order valence-corrected chi connectivity index (χ1v) is 14.8. The number of nitrogens with zero attached hydrogens (tertiary/aromatic N) is 5. The van der Waals surface area contributed by atoms with Gasteiger partial charge in [-0.15, -0.1) is 10.2 Å². The minimum atomic E-state index is -3.85. The van der Waals surface area contributed by atoms with Crippen LogP contribution in [0.5, 0.6) is 11.5 Å². The number of benzene rings is 1. The average molecular weight is 560 g/mol. The highest BCUT2D eigenvalue weighted by molar-refractivity contribution is 7.91. The van der Waals surface area contributed by atoms with E-state index >= 15 is 0 Å². The molecule has 3 aromatic rings. The Morgan fingerprint density at radius 3 is 2.28 bits per heavy atom. The molecule has 4 rings (SSSR count). The average Bonchev–Trinajstić information content (AvgIpc) is 3.33. The van der Waals surface area contributed by atoms with Crippen LogP contribution < -0.4 is 9.47 Å². The van der Waals surface area contributed by atoms with Gasteiger partial charge in [-0.1, -0.05) is 6.07 Å². The molecule has 3 atom stereocenters. The number of aromatic nitrogens is 5. The van der Waals surface area contributed by atoms with E-state index in [1.165, 1.54) is 0 Å². The first-order chi connectivity index (χ1) is 18.7. The number of sulfone groups is 1. The van der Waals surface area contributed by atoms with Gasteiger partial charge in [-0.05, 0) is 64.7 Å². The standard InChI is InChI=1S/C27H37N5O6S/c1-17(2)38-25(26-28-14-18(3)15-29-26)19(4)39(33,34)16-23-30-31-27(22-10-7-8-13-37-22)32(23)24-20(35-5)11-9-12-21(24)36-6/h9,11-12,14-15,17,19,22,25H,7-8,10,13,16H2,1-6H3/t19-,22+,25+/m0/s1. The second-order valence-electron chi connectivity index (χ2n) is 9.91. The summed E-state index contributed by atoms with van der Waals surface area (Å²) in [5, 5.41) is 7.82. The molecule has 3 heterocycles. The number of hydrogen-bond acceptors (Lipinski definition) is 10. The van der Waals surface area contributed by atoms with Crippen LogP contribution in [-0.2, 0) is 25.1 Å². The van der Waals surface area contributed by atoms with Crippen molar-refractivity contribution in [2.24, 2.45) is 0 Å². The van der Waals surface area contributed by atoms with E-state index in [0.29, 0.717) is 35.4 Å². The Morgan fingerprint density at radius 2 is 1.72 bits per heavy atom. The lowest BCUT2D eigenvalue weighted by molar-refractivity contribution is 0.00139. The predicted octanol–water partition coefficient (Wildman–Crippen LogP) is 4.09. The Hall–Kier alpha value is -3.09. The van der Waals surface area contributed by atoms with Crippen LogP contribution in [0.25, 0.3) is 5.69 Å². The maximum absolute atomic E-state index is 13.9. The van der Waals surface area contributed by atoms with Crippen LogP contribution in [0, 0.1) is 6.92 Å². The first kappa shape index (κ1) is 28.9. The van der Waals surface area contributed by atoms with Crippen molar-refractivity contribution in [1.29, 1.82) is 0 Å². The normalized spacial score (nSPS) is 17.7. The molecule has 0 amide bonds. The van der Waals surface area contributed by atoms with E-state index in [-0.39, 0.29) is 18.0 Å². The SMILES string of the molecule is COc1cccc(OC)c1-n1c(CS(=O)(=O)[C@@H](C)[C@@H](OC(C)C)c2ncc(C)cn2)nnc1[C@H]1CCCCO1. The predicted molar refractivity (Wildman–Crippen MR) is 145 cm³/mol. The highest BCUT2D eigenvalue weighted by atomic mass is 32.2. The molecule has 1 aliphatic heterocycles. The third-order valence-corrected chi connectivity index (χ3v) is 8.69. The highest BCUT2D eigenvalue weighted by Crippen LogP contribution is 2.38. The molecule has 212 valence electrons. The van der Waals surface area contributed by atoms with Crippen molar-refractivity contribution in [2.45, 2.75) is 76.3 Å². The number of aryl methyl sites for hydroxylation is 1. The number of rotatable bonds is 11. The number of hydrogen-bond donors (Lipinski definition) is 0. The van der Waals surface area contributed by atoms with Gasteiger partial charge in [-0.2, -0.15) is 0 Å². The zero-order chi connectivity index (χ0) is 28.2. The summed E-state index contributed by atoms with van der Waals surface area (Å²) in [5.74, 6) is 1.63. The molecule has 1 saturated heterocycles. The lowest BCUT2D eigenvalue weighted by atomic mass is 10.1. The Labute approximate surface area is 229 Å². The second kappa shape index (κ2) is 12.4. The van der Waals surface area contributed by atoms with E-state index in [9.17, 15) is 8.42 Å². The minimum absolute atomic E-state index is 0.224. The molecule has 0 radical (unpaired) electrons. The molecule has 0 bridgehead atoms. The third-order valence-electron chi connectivity index (χ3n) is 6.65. The zero-order valence-corrected chi connectivity index (χ0v) is 24.1. The topological polar surface area (TPSA) is 128 Å². The number of methoxy groups -OCH3 is 2.